The summed E-state index contributed by atoms with van der Waals surface area (Å²) in [4.78, 5) is 6.83. The highest BCUT2D eigenvalue weighted by Gasteiger charge is 2.23. The molecule has 1 atom stereocenters. The molecule has 0 radical (unpaired) electrons. The molecule has 1 aliphatic heterocycles. The molecule has 5 nitrogen and oxygen atoms in total. The summed E-state index contributed by atoms with van der Waals surface area (Å²) in [6.45, 7) is 3.09. The molecule has 7 heteroatoms. The van der Waals surface area contributed by atoms with Crippen molar-refractivity contribution < 1.29 is 9.47 Å². The van der Waals surface area contributed by atoms with Gasteiger partial charge in [-0.3, -0.25) is 0 Å². The topological polar surface area (TPSA) is 47.5 Å². The summed E-state index contributed by atoms with van der Waals surface area (Å²) < 4.78 is 15.3. The number of rotatable bonds is 6. The lowest BCUT2D eigenvalue weighted by Crippen LogP contribution is -2.37. The maximum absolute atomic E-state index is 6.14. The summed E-state index contributed by atoms with van der Waals surface area (Å²) in [6, 6.07) is 7.60. The van der Waals surface area contributed by atoms with Crippen molar-refractivity contribution >= 4 is 28.3 Å². The predicted octanol–water partition coefficient (Wildman–Crippen LogP) is 3.63. The minimum atomic E-state index is 0.462. The Morgan fingerprint density at radius 1 is 1.39 bits per heavy atom. The summed E-state index contributed by atoms with van der Waals surface area (Å²) in [5.41, 5.74) is 0. The summed E-state index contributed by atoms with van der Waals surface area (Å²) in [7, 11) is 1.66. The lowest BCUT2D eigenvalue weighted by Gasteiger charge is -2.32. The lowest BCUT2D eigenvalue weighted by molar-refractivity contribution is 0.179. The number of aromatic nitrogens is 2. The second kappa shape index (κ2) is 7.95. The lowest BCUT2D eigenvalue weighted by atomic mass is 9.99. The molecule has 1 fully saturated rings. The van der Waals surface area contributed by atoms with E-state index < -0.39 is 0 Å². The van der Waals surface area contributed by atoms with Gasteiger partial charge in [-0.15, -0.1) is 0 Å². The molecule has 2 aromatic rings. The van der Waals surface area contributed by atoms with E-state index in [0.717, 1.165) is 42.6 Å². The van der Waals surface area contributed by atoms with E-state index in [2.05, 4.69) is 14.3 Å². The van der Waals surface area contributed by atoms with E-state index in [1.165, 1.54) is 11.5 Å². The van der Waals surface area contributed by atoms with Crippen LogP contribution in [0.3, 0.4) is 0 Å². The van der Waals surface area contributed by atoms with Crippen molar-refractivity contribution in [2.45, 2.75) is 19.4 Å². The molecule has 3 rings (SSSR count). The number of hydrogen-bond acceptors (Lipinski definition) is 6. The molecule has 0 amide bonds. The average Bonchev–Trinajstić information content (AvgIpc) is 3.04. The summed E-state index contributed by atoms with van der Waals surface area (Å²) in [5, 5.41) is 1.63. The Bertz CT molecular complexity index is 637. The first-order valence-electron chi connectivity index (χ1n) is 7.70. The normalized spacial score (nSPS) is 18.2. The van der Waals surface area contributed by atoms with E-state index in [9.17, 15) is 0 Å². The molecule has 1 aliphatic rings. The molecule has 0 saturated carbocycles. The van der Waals surface area contributed by atoms with Crippen LogP contribution in [-0.4, -0.2) is 36.2 Å². The number of nitrogens with zero attached hydrogens (tertiary/aromatic N) is 3. The smallest absolute Gasteiger partial charge is 0.205 e. The fourth-order valence-corrected chi connectivity index (χ4v) is 3.60. The highest BCUT2D eigenvalue weighted by Crippen LogP contribution is 2.27. The first kappa shape index (κ1) is 16.5. The van der Waals surface area contributed by atoms with Crippen LogP contribution < -0.4 is 9.64 Å². The van der Waals surface area contributed by atoms with Crippen LogP contribution in [0.4, 0.5) is 5.13 Å². The zero-order chi connectivity index (χ0) is 16.1. The van der Waals surface area contributed by atoms with Gasteiger partial charge < -0.3 is 14.4 Å². The van der Waals surface area contributed by atoms with Crippen LogP contribution in [0.25, 0.3) is 0 Å². The minimum Gasteiger partial charge on any atom is -0.492 e. The summed E-state index contributed by atoms with van der Waals surface area (Å²) in [6.07, 6.45) is 2.29. The Kier molecular flexibility index (Phi) is 5.70. The first-order valence-corrected chi connectivity index (χ1v) is 8.85. The summed E-state index contributed by atoms with van der Waals surface area (Å²) in [5.74, 6) is 1.97. The van der Waals surface area contributed by atoms with Crippen molar-refractivity contribution in [3.8, 4) is 5.75 Å². The van der Waals surface area contributed by atoms with Gasteiger partial charge in [-0.1, -0.05) is 23.7 Å². The second-order valence-corrected chi connectivity index (χ2v) is 6.76. The average molecular weight is 354 g/mol. The number of methoxy groups -OCH3 is 1. The maximum Gasteiger partial charge on any atom is 0.205 e. The molecular weight excluding hydrogens is 334 g/mol. The molecule has 0 spiro atoms. The zero-order valence-corrected chi connectivity index (χ0v) is 14.6. The molecular formula is C16H20ClN3O2S. The van der Waals surface area contributed by atoms with Gasteiger partial charge in [0.15, 0.2) is 5.82 Å². The van der Waals surface area contributed by atoms with Crippen molar-refractivity contribution in [1.82, 2.24) is 9.36 Å². The third kappa shape index (κ3) is 4.34. The van der Waals surface area contributed by atoms with Crippen LogP contribution in [0.2, 0.25) is 5.02 Å². The number of anilines is 1. The molecule has 23 heavy (non-hydrogen) atoms. The quantitative estimate of drug-likeness (QED) is 0.793. The van der Waals surface area contributed by atoms with E-state index in [0.29, 0.717) is 24.2 Å². The van der Waals surface area contributed by atoms with E-state index >= 15 is 0 Å². The van der Waals surface area contributed by atoms with Gasteiger partial charge in [-0.25, -0.2) is 4.98 Å². The zero-order valence-electron chi connectivity index (χ0n) is 13.1. The van der Waals surface area contributed by atoms with Crippen molar-refractivity contribution in [3.63, 3.8) is 0 Å². The van der Waals surface area contributed by atoms with E-state index in [4.69, 9.17) is 21.1 Å². The largest absolute Gasteiger partial charge is 0.492 e. The molecule has 0 aliphatic carbocycles. The second-order valence-electron chi connectivity index (χ2n) is 5.62. The standard InChI is InChI=1S/C16H20ClN3O2S/c1-21-11-15-18-16(23-19-15)20-8-4-5-12(9-20)10-22-14-7-3-2-6-13(14)17/h2-3,6-7,12H,4-5,8-11H2,1H3. The van der Waals surface area contributed by atoms with E-state index in [1.807, 2.05) is 24.3 Å². The van der Waals surface area contributed by atoms with Gasteiger partial charge in [0.25, 0.3) is 0 Å². The highest BCUT2D eigenvalue weighted by atomic mass is 35.5. The fraction of sp³-hybridized carbons (Fsp3) is 0.500. The number of benzene rings is 1. The van der Waals surface area contributed by atoms with Crippen LogP contribution in [0.1, 0.15) is 18.7 Å². The van der Waals surface area contributed by atoms with Crippen LogP contribution in [0.5, 0.6) is 5.75 Å². The van der Waals surface area contributed by atoms with Crippen molar-refractivity contribution in [3.05, 3.63) is 35.1 Å². The van der Waals surface area contributed by atoms with Gasteiger partial charge >= 0.3 is 0 Å². The molecule has 1 aromatic heterocycles. The number of hydrogen-bond donors (Lipinski definition) is 0. The first-order chi connectivity index (χ1) is 11.3. The summed E-state index contributed by atoms with van der Waals surface area (Å²) >= 11 is 7.57. The Morgan fingerprint density at radius 3 is 3.09 bits per heavy atom. The number of piperidine rings is 1. The van der Waals surface area contributed by atoms with Gasteiger partial charge in [0, 0.05) is 37.6 Å². The molecule has 2 heterocycles. The Balaban J connectivity index is 1.56. The van der Waals surface area contributed by atoms with Gasteiger partial charge in [-0.2, -0.15) is 4.37 Å². The van der Waals surface area contributed by atoms with Gasteiger partial charge in [-0.05, 0) is 25.0 Å². The monoisotopic (exact) mass is 353 g/mol. The number of halogens is 1. The Hall–Kier alpha value is -1.37. The highest BCUT2D eigenvalue weighted by molar-refractivity contribution is 7.09. The fourth-order valence-electron chi connectivity index (χ4n) is 2.71. The third-order valence-corrected chi connectivity index (χ3v) is 4.96. The van der Waals surface area contributed by atoms with E-state index in [1.54, 1.807) is 7.11 Å². The third-order valence-electron chi connectivity index (χ3n) is 3.83. The van der Waals surface area contributed by atoms with Gasteiger partial charge in [0.05, 0.1) is 11.6 Å². The van der Waals surface area contributed by atoms with Crippen LogP contribution >= 0.6 is 23.1 Å². The molecule has 1 aromatic carbocycles. The van der Waals surface area contributed by atoms with Crippen molar-refractivity contribution in [2.24, 2.45) is 5.92 Å². The number of para-hydroxylation sites is 1. The van der Waals surface area contributed by atoms with Gasteiger partial charge in [0.2, 0.25) is 5.13 Å². The maximum atomic E-state index is 6.14. The Morgan fingerprint density at radius 2 is 2.26 bits per heavy atom. The predicted molar refractivity (Wildman–Crippen MR) is 92.5 cm³/mol. The van der Waals surface area contributed by atoms with Gasteiger partial charge in [0.1, 0.15) is 12.4 Å². The molecule has 0 N–H and O–H groups in total. The van der Waals surface area contributed by atoms with Crippen molar-refractivity contribution in [2.75, 3.05) is 31.7 Å². The molecule has 1 saturated heterocycles. The molecule has 0 bridgehead atoms. The minimum absolute atomic E-state index is 0.462. The van der Waals surface area contributed by atoms with E-state index in [-0.39, 0.29) is 0 Å². The number of ether oxygens (including phenoxy) is 2. The molecule has 124 valence electrons. The van der Waals surface area contributed by atoms with Crippen LogP contribution in [0, 0.1) is 5.92 Å². The molecule has 1 unspecified atom stereocenters. The SMILES string of the molecule is COCc1nsc(N2CCCC(COc3ccccc3Cl)C2)n1. The van der Waals surface area contributed by atoms with Crippen LogP contribution in [0.15, 0.2) is 24.3 Å². The van der Waals surface area contributed by atoms with Crippen molar-refractivity contribution in [1.29, 1.82) is 0 Å². The van der Waals surface area contributed by atoms with Crippen LogP contribution in [-0.2, 0) is 11.3 Å². The Labute approximate surface area is 145 Å².